The molecule has 0 spiro atoms. The van der Waals surface area contributed by atoms with Crippen LogP contribution in [0.2, 0.25) is 0 Å². The number of H-pyrrole nitrogens is 1. The minimum atomic E-state index is -0.854. The number of imidazole rings is 1. The van der Waals surface area contributed by atoms with Gasteiger partial charge >= 0.3 is 0 Å². The van der Waals surface area contributed by atoms with Crippen LogP contribution in [0.25, 0.3) is 11.2 Å². The summed E-state index contributed by atoms with van der Waals surface area (Å²) in [6, 6.07) is 5.51. The fourth-order valence-electron chi connectivity index (χ4n) is 3.06. The lowest BCUT2D eigenvalue weighted by Gasteiger charge is -2.23. The maximum Gasteiger partial charge on any atom is 0.253 e. The zero-order chi connectivity index (χ0) is 17.2. The molecule has 130 valence electrons. The van der Waals surface area contributed by atoms with E-state index in [0.29, 0.717) is 22.6 Å². The van der Waals surface area contributed by atoms with Crippen LogP contribution in [-0.4, -0.2) is 45.1 Å². The smallest absolute Gasteiger partial charge is 0.253 e. The summed E-state index contributed by atoms with van der Waals surface area (Å²) in [5.41, 5.74) is 1.45. The van der Waals surface area contributed by atoms with E-state index in [1.54, 1.807) is 12.3 Å². The van der Waals surface area contributed by atoms with E-state index < -0.39 is 6.10 Å². The van der Waals surface area contributed by atoms with Crippen LogP contribution in [0.1, 0.15) is 40.0 Å². The topological polar surface area (TPSA) is 103 Å². The van der Waals surface area contributed by atoms with Gasteiger partial charge in [0.25, 0.3) is 5.91 Å². The van der Waals surface area contributed by atoms with Gasteiger partial charge in [0.05, 0.1) is 5.56 Å². The highest BCUT2D eigenvalue weighted by atomic mass is 32.1. The third-order valence-corrected chi connectivity index (χ3v) is 5.28. The number of nitrogens with zero attached hydrogens (tertiary/aromatic N) is 2. The predicted molar refractivity (Wildman–Crippen MR) is 95.6 cm³/mol. The highest BCUT2D eigenvalue weighted by Gasteiger charge is 2.22. The van der Waals surface area contributed by atoms with E-state index in [4.69, 9.17) is 0 Å². The van der Waals surface area contributed by atoms with Gasteiger partial charge in [0, 0.05) is 23.7 Å². The van der Waals surface area contributed by atoms with Crippen molar-refractivity contribution in [3.8, 4) is 0 Å². The van der Waals surface area contributed by atoms with E-state index in [1.165, 1.54) is 11.3 Å². The van der Waals surface area contributed by atoms with E-state index in [2.05, 4.69) is 25.6 Å². The molecular formula is C17H19N5O2S. The van der Waals surface area contributed by atoms with Crippen LogP contribution in [0.4, 0.5) is 0 Å². The molecule has 8 heteroatoms. The number of carbonyl (C=O) groups is 1. The molecule has 0 radical (unpaired) electrons. The summed E-state index contributed by atoms with van der Waals surface area (Å²) in [6.07, 6.45) is 2.75. The second-order valence-electron chi connectivity index (χ2n) is 6.11. The molecule has 25 heavy (non-hydrogen) atoms. The Morgan fingerprint density at radius 3 is 3.12 bits per heavy atom. The first-order chi connectivity index (χ1) is 12.2. The number of aliphatic hydroxyl groups is 1. The number of fused-ring (bicyclic) bond motifs is 1. The Balaban J connectivity index is 1.62. The second kappa shape index (κ2) is 6.91. The first kappa shape index (κ1) is 16.2. The fraction of sp³-hybridized carbons (Fsp3) is 0.353. The van der Waals surface area contributed by atoms with E-state index in [1.807, 2.05) is 17.5 Å². The number of carbonyl (C=O) groups excluding carboxylic acids is 1. The lowest BCUT2D eigenvalue weighted by molar-refractivity contribution is 0.0932. The molecular weight excluding hydrogens is 338 g/mol. The van der Waals surface area contributed by atoms with Gasteiger partial charge in [-0.05, 0) is 36.9 Å². The zero-order valence-corrected chi connectivity index (χ0v) is 14.3. The van der Waals surface area contributed by atoms with Crippen molar-refractivity contribution in [3.05, 3.63) is 46.0 Å². The van der Waals surface area contributed by atoms with Crippen LogP contribution in [-0.2, 0) is 0 Å². The molecule has 4 rings (SSSR count). The third-order valence-electron chi connectivity index (χ3n) is 4.35. The number of pyridine rings is 1. The van der Waals surface area contributed by atoms with Crippen LogP contribution in [0, 0.1) is 0 Å². The maximum atomic E-state index is 12.7. The van der Waals surface area contributed by atoms with Gasteiger partial charge in [-0.15, -0.1) is 11.3 Å². The van der Waals surface area contributed by atoms with Gasteiger partial charge in [0.15, 0.2) is 5.65 Å². The minimum Gasteiger partial charge on any atom is -0.380 e. The molecule has 4 N–H and O–H groups in total. The highest BCUT2D eigenvalue weighted by Crippen LogP contribution is 2.26. The fourth-order valence-corrected chi connectivity index (χ4v) is 3.77. The average molecular weight is 357 g/mol. The van der Waals surface area contributed by atoms with Gasteiger partial charge in [-0.2, -0.15) is 0 Å². The monoisotopic (exact) mass is 357 g/mol. The molecule has 0 aromatic carbocycles. The van der Waals surface area contributed by atoms with Gasteiger partial charge in [0.2, 0.25) is 0 Å². The first-order valence-corrected chi connectivity index (χ1v) is 9.18. The number of nitrogens with one attached hydrogen (secondary N) is 3. The van der Waals surface area contributed by atoms with Gasteiger partial charge in [-0.1, -0.05) is 6.07 Å². The molecule has 7 nitrogen and oxygen atoms in total. The molecule has 1 saturated heterocycles. The molecule has 3 aromatic heterocycles. The number of aromatic amines is 1. The van der Waals surface area contributed by atoms with Crippen molar-refractivity contribution in [1.82, 2.24) is 25.6 Å². The first-order valence-electron chi connectivity index (χ1n) is 8.30. The molecule has 1 amide bonds. The van der Waals surface area contributed by atoms with Crippen molar-refractivity contribution in [3.63, 3.8) is 0 Å². The summed E-state index contributed by atoms with van der Waals surface area (Å²) < 4.78 is 0. The summed E-state index contributed by atoms with van der Waals surface area (Å²) in [6.45, 7) is 1.78. The summed E-state index contributed by atoms with van der Waals surface area (Å²) in [5, 5.41) is 18.7. The Kier molecular flexibility index (Phi) is 4.48. The number of aliphatic hydroxyl groups excluding tert-OH is 1. The Bertz CT molecular complexity index is 870. The van der Waals surface area contributed by atoms with Crippen molar-refractivity contribution in [1.29, 1.82) is 0 Å². The largest absolute Gasteiger partial charge is 0.380 e. The van der Waals surface area contributed by atoms with Crippen LogP contribution in [0.15, 0.2) is 29.8 Å². The lowest BCUT2D eigenvalue weighted by atomic mass is 10.1. The summed E-state index contributed by atoms with van der Waals surface area (Å²) in [4.78, 5) is 25.2. The molecule has 0 aliphatic carbocycles. The number of hydrogen-bond donors (Lipinski definition) is 4. The Morgan fingerprint density at radius 2 is 2.36 bits per heavy atom. The SMILES string of the molecule is O=C(NC1CCCNC1)c1ccnc2[nH]c(C(O)c3cccs3)nc12. The number of aromatic nitrogens is 3. The van der Waals surface area contributed by atoms with Crippen LogP contribution in [0.5, 0.6) is 0 Å². The summed E-state index contributed by atoms with van der Waals surface area (Å²) >= 11 is 1.45. The van der Waals surface area contributed by atoms with E-state index in [9.17, 15) is 9.90 Å². The van der Waals surface area contributed by atoms with Crippen LogP contribution < -0.4 is 10.6 Å². The molecule has 1 fully saturated rings. The van der Waals surface area contributed by atoms with E-state index in [0.717, 1.165) is 30.8 Å². The maximum absolute atomic E-state index is 12.7. The Morgan fingerprint density at radius 1 is 1.44 bits per heavy atom. The normalized spacial score (nSPS) is 19.0. The zero-order valence-electron chi connectivity index (χ0n) is 13.5. The van der Waals surface area contributed by atoms with E-state index >= 15 is 0 Å². The van der Waals surface area contributed by atoms with Gasteiger partial charge < -0.3 is 20.7 Å². The number of rotatable bonds is 4. The predicted octanol–water partition coefficient (Wildman–Crippen LogP) is 1.58. The average Bonchev–Trinajstić information content (AvgIpc) is 3.31. The lowest BCUT2D eigenvalue weighted by Crippen LogP contribution is -2.45. The Hall–Kier alpha value is -2.29. The summed E-state index contributed by atoms with van der Waals surface area (Å²) in [7, 11) is 0. The molecule has 3 aromatic rings. The van der Waals surface area contributed by atoms with Crippen molar-refractivity contribution in [2.45, 2.75) is 25.0 Å². The number of hydrogen-bond acceptors (Lipinski definition) is 6. The molecule has 0 saturated carbocycles. The quantitative estimate of drug-likeness (QED) is 0.568. The van der Waals surface area contributed by atoms with Crippen molar-refractivity contribution in [2.24, 2.45) is 0 Å². The van der Waals surface area contributed by atoms with Crippen molar-refractivity contribution < 1.29 is 9.90 Å². The highest BCUT2D eigenvalue weighted by molar-refractivity contribution is 7.10. The Labute approximate surface area is 148 Å². The van der Waals surface area contributed by atoms with Crippen LogP contribution >= 0.6 is 11.3 Å². The van der Waals surface area contributed by atoms with Crippen molar-refractivity contribution in [2.75, 3.05) is 13.1 Å². The summed E-state index contributed by atoms with van der Waals surface area (Å²) in [5.74, 6) is 0.231. The van der Waals surface area contributed by atoms with Gasteiger partial charge in [-0.3, -0.25) is 4.79 Å². The molecule has 2 unspecified atom stereocenters. The molecule has 2 atom stereocenters. The minimum absolute atomic E-state index is 0.125. The standard InChI is InChI=1S/C17H19N5O2S/c23-14(12-4-2-8-25-12)16-21-13-11(5-7-19-15(13)22-16)17(24)20-10-3-1-6-18-9-10/h2,4-5,7-8,10,14,18,23H,1,3,6,9H2,(H,20,24)(H,19,21,22). The van der Waals surface area contributed by atoms with E-state index in [-0.39, 0.29) is 11.9 Å². The van der Waals surface area contributed by atoms with Gasteiger partial charge in [0.1, 0.15) is 17.4 Å². The van der Waals surface area contributed by atoms with Crippen LogP contribution in [0.3, 0.4) is 0 Å². The number of thiophene rings is 1. The number of amides is 1. The molecule has 1 aliphatic heterocycles. The molecule has 4 heterocycles. The number of piperidine rings is 1. The molecule has 1 aliphatic rings. The van der Waals surface area contributed by atoms with Gasteiger partial charge in [-0.25, -0.2) is 9.97 Å². The second-order valence-corrected chi connectivity index (χ2v) is 7.09. The third kappa shape index (κ3) is 3.28. The van der Waals surface area contributed by atoms with Crippen molar-refractivity contribution >= 4 is 28.4 Å². The molecule has 0 bridgehead atoms.